The Morgan fingerprint density at radius 1 is 0.820 bits per heavy atom. The topological polar surface area (TPSA) is 221 Å². The van der Waals surface area contributed by atoms with Crippen molar-refractivity contribution in [3.8, 4) is 0 Å². The van der Waals surface area contributed by atoms with Crippen molar-refractivity contribution in [2.75, 3.05) is 13.1 Å². The molecule has 50 heavy (non-hydrogen) atoms. The van der Waals surface area contributed by atoms with Crippen LogP contribution in [0, 0.1) is 5.92 Å². The number of aromatic nitrogens is 1. The number of H-pyrrole nitrogens is 1. The van der Waals surface area contributed by atoms with E-state index >= 15 is 0 Å². The molecule has 3 amide bonds. The van der Waals surface area contributed by atoms with Gasteiger partial charge in [0, 0.05) is 76.1 Å². The Hall–Kier alpha value is -4.26. The summed E-state index contributed by atoms with van der Waals surface area (Å²) >= 11 is 0. The number of benzene rings is 1. The highest BCUT2D eigenvalue weighted by molar-refractivity contribution is 5.91. The molecule has 0 bridgehead atoms. The zero-order valence-electron chi connectivity index (χ0n) is 29.5. The van der Waals surface area contributed by atoms with Gasteiger partial charge in [0.15, 0.2) is 0 Å². The summed E-state index contributed by atoms with van der Waals surface area (Å²) in [6, 6.07) is 5.56. The summed E-state index contributed by atoms with van der Waals surface area (Å²) in [7, 11) is 0. The number of nitrogens with one attached hydrogen (secondary N) is 4. The number of unbranched alkanes of at least 4 members (excludes halogenated alkanes) is 7. The van der Waals surface area contributed by atoms with E-state index in [0.717, 1.165) is 35.7 Å². The first-order valence-corrected chi connectivity index (χ1v) is 18.1. The first-order valence-electron chi connectivity index (χ1n) is 18.1. The fourth-order valence-corrected chi connectivity index (χ4v) is 5.83. The van der Waals surface area contributed by atoms with Crippen LogP contribution in [0.15, 0.2) is 30.5 Å². The number of hydrogen-bond donors (Lipinski definition) is 7. The monoisotopic (exact) mass is 721 g/mol. The molecule has 1 heterocycles. The number of aromatic amines is 1. The molecule has 1 aromatic carbocycles. The molecule has 0 aliphatic carbocycles. The number of nitrogens with two attached hydrogens (primary N) is 1. The Morgan fingerprint density at radius 3 is 2.24 bits per heavy atom. The van der Waals surface area contributed by atoms with Crippen molar-refractivity contribution >= 4 is 46.3 Å². The molecule has 0 spiro atoms. The van der Waals surface area contributed by atoms with Crippen LogP contribution in [-0.2, 0) is 35.2 Å². The van der Waals surface area contributed by atoms with E-state index in [4.69, 9.17) is 10.8 Å². The third-order valence-corrected chi connectivity index (χ3v) is 8.80. The maximum absolute atomic E-state index is 13.4. The molecule has 0 saturated carbocycles. The summed E-state index contributed by atoms with van der Waals surface area (Å²) in [5.41, 5.74) is 8.00. The first kappa shape index (κ1) is 41.9. The van der Waals surface area contributed by atoms with Gasteiger partial charge < -0.3 is 36.9 Å². The van der Waals surface area contributed by atoms with Crippen LogP contribution in [-0.4, -0.2) is 75.8 Å². The van der Waals surface area contributed by atoms with E-state index in [-0.39, 0.29) is 71.0 Å². The van der Waals surface area contributed by atoms with Gasteiger partial charge in [-0.15, -0.1) is 0 Å². The molecule has 0 radical (unpaired) electrons. The van der Waals surface area contributed by atoms with E-state index in [0.29, 0.717) is 32.2 Å². The van der Waals surface area contributed by atoms with Gasteiger partial charge in [0.25, 0.3) is 0 Å². The summed E-state index contributed by atoms with van der Waals surface area (Å²) < 4.78 is 0. The number of ketones is 1. The largest absolute Gasteiger partial charge is 0.481 e. The Labute approximate surface area is 309 Å². The van der Waals surface area contributed by atoms with Crippen molar-refractivity contribution in [1.29, 1.82) is 0 Å². The van der Waals surface area contributed by atoms with Crippen LogP contribution in [0.3, 0.4) is 0 Å². The lowest BCUT2D eigenvalue weighted by molar-refractivity contribution is -0.142. The first-order chi connectivity index (χ1) is 24.0. The molecule has 8 N–H and O–H groups in total. The lowest BCUT2D eigenvalue weighted by Crippen LogP contribution is -2.44. The van der Waals surface area contributed by atoms with Crippen molar-refractivity contribution in [1.82, 2.24) is 20.9 Å². The fourth-order valence-electron chi connectivity index (χ4n) is 5.83. The highest BCUT2D eigenvalue weighted by Gasteiger charge is 2.27. The maximum atomic E-state index is 13.4. The number of rotatable bonds is 28. The summed E-state index contributed by atoms with van der Waals surface area (Å²) in [5, 5.41) is 27.3. The van der Waals surface area contributed by atoms with E-state index in [2.05, 4.69) is 27.9 Å². The molecule has 0 unspecified atom stereocenters. The highest BCUT2D eigenvalue weighted by atomic mass is 16.4. The second-order valence-electron chi connectivity index (χ2n) is 13.0. The minimum absolute atomic E-state index is 0. The number of para-hydroxylation sites is 1. The fraction of sp³-hybridized carbons (Fsp3) is 0.622. The number of hydrogen-bond acceptors (Lipinski definition) is 7. The molecular weight excluding hydrogens is 642 g/mol. The van der Waals surface area contributed by atoms with Gasteiger partial charge >= 0.3 is 11.9 Å². The van der Waals surface area contributed by atoms with Crippen LogP contribution in [0.1, 0.15) is 129 Å². The predicted octanol–water partition coefficient (Wildman–Crippen LogP) is 6.83. The van der Waals surface area contributed by atoms with E-state index < -0.39 is 41.8 Å². The Morgan fingerprint density at radius 2 is 1.52 bits per heavy atom. The van der Waals surface area contributed by atoms with Gasteiger partial charge in [-0.3, -0.25) is 24.0 Å². The Balaban J connectivity index is -0.000000372. The van der Waals surface area contributed by atoms with Crippen LogP contribution in [0.25, 0.3) is 10.9 Å². The predicted molar refractivity (Wildman–Crippen MR) is 212 cm³/mol. The standard InChI is InChI=1S/C37H57N5O8.10H2/c1-2-3-4-5-6-7-8-17-33(44)39-21-12-11-15-29(38)32(43)24-26(23-27-25-41-30-16-10-9-14-28(27)30)36(48)40-22-20-31(37(49)50)42-34(45)18-13-19-35(46)47;;;;;;;;;;/h9-10,14,16,25-26,29,31,41H,2-8,11-13,15,17-24,38H2,1H3,(H,39,44)(H,40,48)(H,42,45)(H,46,47)(H,49,50);10*1H/t26-,29-,31+;;;;;;;;;;/m0........../s1/i;1+1;;;;;;;;;. The van der Waals surface area contributed by atoms with Crippen molar-refractivity contribution in [2.24, 2.45) is 11.7 Å². The molecule has 3 atom stereocenters. The number of fused-ring (bicyclic) bond motifs is 1. The lowest BCUT2D eigenvalue weighted by atomic mass is 9.90. The van der Waals surface area contributed by atoms with Crippen LogP contribution < -0.4 is 21.7 Å². The number of carbonyl (C=O) groups is 6. The van der Waals surface area contributed by atoms with Gasteiger partial charge in [0.2, 0.25) is 17.7 Å². The smallest absolute Gasteiger partial charge is 0.326 e. The van der Waals surface area contributed by atoms with E-state index in [1.165, 1.54) is 25.7 Å². The van der Waals surface area contributed by atoms with E-state index in [9.17, 15) is 33.9 Å². The normalized spacial score (nSPS) is 12.9. The van der Waals surface area contributed by atoms with Gasteiger partial charge in [-0.2, -0.15) is 0 Å². The summed E-state index contributed by atoms with van der Waals surface area (Å²) in [5.74, 6) is -4.35. The van der Waals surface area contributed by atoms with Crippen molar-refractivity contribution in [3.05, 3.63) is 36.0 Å². The van der Waals surface area contributed by atoms with Crippen molar-refractivity contribution in [2.45, 2.75) is 128 Å². The van der Waals surface area contributed by atoms with Crippen LogP contribution in [0.4, 0.5) is 0 Å². The number of carbonyl (C=O) groups excluding carboxylic acids is 4. The summed E-state index contributed by atoms with van der Waals surface area (Å²) in [6.45, 7) is 2.64. The molecule has 298 valence electrons. The zero-order chi connectivity index (χ0) is 36.7. The van der Waals surface area contributed by atoms with Gasteiger partial charge in [-0.1, -0.05) is 63.6 Å². The number of carboxylic acids is 2. The molecular formula is C37H77N5O8. The minimum Gasteiger partial charge on any atom is -0.481 e. The van der Waals surface area contributed by atoms with Crippen LogP contribution >= 0.6 is 0 Å². The lowest BCUT2D eigenvalue weighted by Gasteiger charge is -2.20. The third-order valence-electron chi connectivity index (χ3n) is 8.80. The van der Waals surface area contributed by atoms with Crippen molar-refractivity contribution < 1.29 is 53.2 Å². The highest BCUT2D eigenvalue weighted by Crippen LogP contribution is 2.23. The van der Waals surface area contributed by atoms with E-state index in [1.807, 2.05) is 24.3 Å². The third kappa shape index (κ3) is 16.9. The molecule has 0 saturated heterocycles. The average Bonchev–Trinajstić information content (AvgIpc) is 3.49. The summed E-state index contributed by atoms with van der Waals surface area (Å²) in [4.78, 5) is 76.5. The van der Waals surface area contributed by atoms with Gasteiger partial charge in [0.1, 0.15) is 11.8 Å². The molecule has 2 rings (SSSR count). The quantitative estimate of drug-likeness (QED) is 0.0457. The Kier molecular flexibility index (Phi) is 20.1. The molecule has 0 aliphatic heterocycles. The average molecular weight is 721 g/mol. The zero-order valence-corrected chi connectivity index (χ0v) is 29.5. The molecule has 0 aliphatic rings. The van der Waals surface area contributed by atoms with Gasteiger partial charge in [-0.05, 0) is 56.6 Å². The molecule has 0 fully saturated rings. The van der Waals surface area contributed by atoms with Gasteiger partial charge in [0.05, 0.1) is 6.04 Å². The Bertz CT molecular complexity index is 1420. The van der Waals surface area contributed by atoms with Gasteiger partial charge in [-0.25, -0.2) is 4.79 Å². The maximum Gasteiger partial charge on any atom is 0.326 e. The second-order valence-corrected chi connectivity index (χ2v) is 13.0. The van der Waals surface area contributed by atoms with Crippen LogP contribution in [0.5, 0.6) is 0 Å². The second kappa shape index (κ2) is 24.0. The van der Waals surface area contributed by atoms with E-state index in [1.54, 1.807) is 6.20 Å². The summed E-state index contributed by atoms with van der Waals surface area (Å²) in [6.07, 6.45) is 11.9. The van der Waals surface area contributed by atoms with Crippen molar-refractivity contribution in [3.63, 3.8) is 0 Å². The SMILES string of the molecule is CCCCCCCCCC(=O)NCCCC[C@H](N)C(=O)C[C@H](Cc1c[nH]c2ccccc12)C(=O)NCC[C@@H](NC(=O)CCCC(=O)O)C(=O)O.[2HH].[HH].[HH].[HH].[HH].[HH].[HH].[HH].[HH].[HH]. The van der Waals surface area contributed by atoms with Crippen LogP contribution in [0.2, 0.25) is 0 Å². The minimum atomic E-state index is -1.28. The molecule has 13 nitrogen and oxygen atoms in total. The molecule has 2 aromatic rings. The number of amides is 3. The number of aliphatic carboxylic acids is 2. The number of carboxylic acid groups (broad SMARTS) is 2. The number of Topliss-reactive ketones (excluding diaryl/α,β-unsaturated/α-hetero) is 1. The molecule has 13 heteroatoms. The molecule has 1 aromatic heterocycles.